The molecule has 2 amide bonds. The summed E-state index contributed by atoms with van der Waals surface area (Å²) >= 11 is 0. The number of rotatable bonds is 8. The number of carbonyl (C=O) groups is 3. The first-order valence-corrected chi connectivity index (χ1v) is 7.45. The zero-order valence-electron chi connectivity index (χ0n) is 11.3. The summed E-state index contributed by atoms with van der Waals surface area (Å²) in [4.78, 5) is 33.2. The first-order valence-electron chi connectivity index (χ1n) is 5.55. The number of esters is 2. The molecule has 0 bridgehead atoms. The van der Waals surface area contributed by atoms with Crippen LogP contribution in [0.2, 0.25) is 0 Å². The summed E-state index contributed by atoms with van der Waals surface area (Å²) in [5.41, 5.74) is 0. The number of carbonyl (C=O) groups excluding carboxylic acids is 3. The highest BCUT2D eigenvalue weighted by atomic mass is 32.2. The van der Waals surface area contributed by atoms with Crippen molar-refractivity contribution in [2.45, 2.75) is 6.10 Å². The van der Waals surface area contributed by atoms with Gasteiger partial charge in [-0.05, 0) is 0 Å². The second-order valence-corrected chi connectivity index (χ2v) is 5.43. The second kappa shape index (κ2) is 8.74. The van der Waals surface area contributed by atoms with Gasteiger partial charge < -0.3 is 14.8 Å². The van der Waals surface area contributed by atoms with E-state index < -0.39 is 34.1 Å². The molecular weight excluding hydrogens is 304 g/mol. The quantitative estimate of drug-likeness (QED) is 0.437. The predicted molar refractivity (Wildman–Crippen MR) is 72.6 cm³/mol. The number of amides is 2. The normalized spacial score (nSPS) is 11.7. The van der Waals surface area contributed by atoms with Gasteiger partial charge in [0.25, 0.3) is 0 Å². The molecule has 21 heavy (non-hydrogen) atoms. The second-order valence-electron chi connectivity index (χ2n) is 3.68. The Balaban J connectivity index is 4.48. The molecule has 0 aromatic carbocycles. The Morgan fingerprint density at radius 3 is 2.24 bits per heavy atom. The Hall–Kier alpha value is -2.36. The predicted octanol–water partition coefficient (Wildman–Crippen LogP) is -0.928. The minimum atomic E-state index is -3.71. The maximum Gasteiger partial charge on any atom is 0.330 e. The fourth-order valence-electron chi connectivity index (χ4n) is 0.992. The minimum Gasteiger partial charge on any atom is -0.459 e. The SMILES string of the molecule is C=CC(=O)OCC(CNC(=O)NS(C)(=O)=O)OC(=O)C=C. The van der Waals surface area contributed by atoms with Crippen molar-refractivity contribution in [2.24, 2.45) is 0 Å². The lowest BCUT2D eigenvalue weighted by Gasteiger charge is -2.17. The highest BCUT2D eigenvalue weighted by molar-refractivity contribution is 7.89. The molecule has 2 N–H and O–H groups in total. The number of nitrogens with one attached hydrogen (secondary N) is 2. The molecule has 0 aromatic rings. The van der Waals surface area contributed by atoms with Gasteiger partial charge in [0.15, 0.2) is 6.10 Å². The van der Waals surface area contributed by atoms with Gasteiger partial charge in [0.05, 0.1) is 12.8 Å². The molecule has 9 nitrogen and oxygen atoms in total. The molecule has 118 valence electrons. The van der Waals surface area contributed by atoms with E-state index in [1.54, 1.807) is 4.72 Å². The number of sulfonamides is 1. The van der Waals surface area contributed by atoms with Gasteiger partial charge in [0.1, 0.15) is 6.61 Å². The summed E-state index contributed by atoms with van der Waals surface area (Å²) in [6, 6.07) is -1.01. The fourth-order valence-corrected chi connectivity index (χ4v) is 1.40. The van der Waals surface area contributed by atoms with E-state index in [-0.39, 0.29) is 13.2 Å². The standard InChI is InChI=1S/C11H16N2O7S/c1-4-9(14)19-7-8(20-10(15)5-2)6-12-11(16)13-21(3,17)18/h4-5,8H,1-2,6-7H2,3H3,(H2,12,13,16). The lowest BCUT2D eigenvalue weighted by atomic mass is 10.3. The van der Waals surface area contributed by atoms with Gasteiger partial charge in [0.2, 0.25) is 10.0 Å². The van der Waals surface area contributed by atoms with E-state index in [0.29, 0.717) is 0 Å². The zero-order chi connectivity index (χ0) is 16.5. The monoisotopic (exact) mass is 320 g/mol. The van der Waals surface area contributed by atoms with Crippen LogP contribution in [-0.4, -0.2) is 51.9 Å². The number of urea groups is 1. The highest BCUT2D eigenvalue weighted by Crippen LogP contribution is 1.96. The molecule has 0 saturated heterocycles. The van der Waals surface area contributed by atoms with Crippen molar-refractivity contribution in [3.05, 3.63) is 25.3 Å². The highest BCUT2D eigenvalue weighted by Gasteiger charge is 2.17. The van der Waals surface area contributed by atoms with Crippen LogP contribution in [0, 0.1) is 0 Å². The van der Waals surface area contributed by atoms with Crippen molar-refractivity contribution in [2.75, 3.05) is 19.4 Å². The summed E-state index contributed by atoms with van der Waals surface area (Å²) in [5.74, 6) is -1.53. The molecule has 1 atom stereocenters. The Morgan fingerprint density at radius 1 is 1.19 bits per heavy atom. The number of hydrogen-bond donors (Lipinski definition) is 2. The van der Waals surface area contributed by atoms with E-state index in [2.05, 4.69) is 23.2 Å². The molecule has 0 saturated carbocycles. The molecule has 0 aliphatic rings. The van der Waals surface area contributed by atoms with Crippen LogP contribution in [0.3, 0.4) is 0 Å². The van der Waals surface area contributed by atoms with E-state index in [1.807, 2.05) is 0 Å². The van der Waals surface area contributed by atoms with Gasteiger partial charge in [-0.3, -0.25) is 0 Å². The topological polar surface area (TPSA) is 128 Å². The van der Waals surface area contributed by atoms with Gasteiger partial charge in [-0.2, -0.15) is 0 Å². The van der Waals surface area contributed by atoms with Crippen molar-refractivity contribution >= 4 is 28.0 Å². The van der Waals surface area contributed by atoms with Gasteiger partial charge in [-0.1, -0.05) is 13.2 Å². The van der Waals surface area contributed by atoms with Gasteiger partial charge in [0, 0.05) is 12.2 Å². The third-order valence-corrected chi connectivity index (χ3v) is 2.35. The maximum atomic E-state index is 11.2. The fraction of sp³-hybridized carbons (Fsp3) is 0.364. The first kappa shape index (κ1) is 18.6. The molecule has 10 heteroatoms. The van der Waals surface area contributed by atoms with Crippen molar-refractivity contribution in [1.82, 2.24) is 10.0 Å². The van der Waals surface area contributed by atoms with Crippen LogP contribution in [0.5, 0.6) is 0 Å². The van der Waals surface area contributed by atoms with E-state index in [4.69, 9.17) is 4.74 Å². The molecule has 1 unspecified atom stereocenters. The lowest BCUT2D eigenvalue weighted by molar-refractivity contribution is -0.152. The number of ether oxygens (including phenoxy) is 2. The van der Waals surface area contributed by atoms with Gasteiger partial charge in [-0.25, -0.2) is 27.5 Å². The van der Waals surface area contributed by atoms with Crippen molar-refractivity contribution in [3.63, 3.8) is 0 Å². The van der Waals surface area contributed by atoms with E-state index in [1.165, 1.54) is 0 Å². The zero-order valence-corrected chi connectivity index (χ0v) is 12.1. The van der Waals surface area contributed by atoms with Crippen LogP contribution >= 0.6 is 0 Å². The molecule has 0 spiro atoms. The van der Waals surface area contributed by atoms with Crippen LogP contribution in [0.1, 0.15) is 0 Å². The summed E-state index contributed by atoms with van der Waals surface area (Å²) < 4.78 is 32.8. The third-order valence-electron chi connectivity index (χ3n) is 1.80. The molecule has 0 rings (SSSR count). The summed E-state index contributed by atoms with van der Waals surface area (Å²) in [5, 5.41) is 2.15. The summed E-state index contributed by atoms with van der Waals surface area (Å²) in [7, 11) is -3.71. The van der Waals surface area contributed by atoms with Crippen molar-refractivity contribution in [1.29, 1.82) is 0 Å². The average molecular weight is 320 g/mol. The smallest absolute Gasteiger partial charge is 0.330 e. The Kier molecular flexibility index (Phi) is 7.76. The third kappa shape index (κ3) is 10.1. The van der Waals surface area contributed by atoms with E-state index >= 15 is 0 Å². The average Bonchev–Trinajstić information content (AvgIpc) is 2.39. The van der Waals surface area contributed by atoms with Crippen LogP contribution in [0.25, 0.3) is 0 Å². The Morgan fingerprint density at radius 2 is 1.76 bits per heavy atom. The molecule has 0 aromatic heterocycles. The van der Waals surface area contributed by atoms with E-state index in [9.17, 15) is 22.8 Å². The maximum absolute atomic E-state index is 11.2. The summed E-state index contributed by atoms with van der Waals surface area (Å²) in [6.45, 7) is 5.76. The molecule has 0 fully saturated rings. The summed E-state index contributed by atoms with van der Waals surface area (Å²) in [6.07, 6.45) is 1.59. The molecule has 0 heterocycles. The molecular formula is C11H16N2O7S. The molecule has 0 radical (unpaired) electrons. The van der Waals surface area contributed by atoms with Gasteiger partial charge in [-0.15, -0.1) is 0 Å². The van der Waals surface area contributed by atoms with Crippen LogP contribution < -0.4 is 10.0 Å². The molecule has 0 aliphatic carbocycles. The van der Waals surface area contributed by atoms with Crippen LogP contribution in [0.4, 0.5) is 4.79 Å². The molecule has 0 aliphatic heterocycles. The largest absolute Gasteiger partial charge is 0.459 e. The number of hydrogen-bond acceptors (Lipinski definition) is 7. The lowest BCUT2D eigenvalue weighted by Crippen LogP contribution is -2.44. The minimum absolute atomic E-state index is 0.272. The Labute approximate surface area is 122 Å². The van der Waals surface area contributed by atoms with Crippen LogP contribution in [-0.2, 0) is 29.1 Å². The van der Waals surface area contributed by atoms with Crippen molar-refractivity contribution < 1.29 is 32.3 Å². The van der Waals surface area contributed by atoms with Gasteiger partial charge >= 0.3 is 18.0 Å². The first-order chi connectivity index (χ1) is 9.67. The Bertz CT molecular complexity index is 527. The van der Waals surface area contributed by atoms with E-state index in [0.717, 1.165) is 18.4 Å². The van der Waals surface area contributed by atoms with Crippen molar-refractivity contribution in [3.8, 4) is 0 Å². The van der Waals surface area contributed by atoms with Crippen LogP contribution in [0.15, 0.2) is 25.3 Å².